The summed E-state index contributed by atoms with van der Waals surface area (Å²) in [7, 11) is 0. The van der Waals surface area contributed by atoms with E-state index in [-0.39, 0.29) is 11.9 Å². The minimum atomic E-state index is -0.788. The standard InChI is InChI=1S/C20H24N2O3/c1-2-18(20(24)25)22-11-5-8-17(13-22)21-19(23)16-10-9-14-6-3-4-7-15(14)12-16/h3-4,6-7,9-10,12,17-18H,2,5,8,11,13H2,1H3,(H,21,23)(H,24,25)/t17-,18-/m1/s1. The maximum Gasteiger partial charge on any atom is 0.320 e. The SMILES string of the molecule is CC[C@H](C(=O)O)N1CCC[C@@H](NC(=O)c2ccc3ccccc3c2)C1. The molecule has 2 aromatic carbocycles. The number of hydrogen-bond donors (Lipinski definition) is 2. The molecule has 0 aromatic heterocycles. The second-order valence-electron chi connectivity index (χ2n) is 6.63. The van der Waals surface area contributed by atoms with E-state index in [4.69, 9.17) is 0 Å². The Morgan fingerprint density at radius 3 is 2.72 bits per heavy atom. The number of nitrogens with one attached hydrogen (secondary N) is 1. The van der Waals surface area contributed by atoms with Gasteiger partial charge in [0.25, 0.3) is 5.91 Å². The van der Waals surface area contributed by atoms with Crippen LogP contribution >= 0.6 is 0 Å². The van der Waals surface area contributed by atoms with Crippen LogP contribution in [0.25, 0.3) is 10.8 Å². The van der Waals surface area contributed by atoms with Gasteiger partial charge in [0.2, 0.25) is 0 Å². The van der Waals surface area contributed by atoms with Gasteiger partial charge in [-0.2, -0.15) is 0 Å². The molecule has 5 nitrogen and oxygen atoms in total. The first-order valence-corrected chi connectivity index (χ1v) is 8.85. The predicted molar refractivity (Wildman–Crippen MR) is 97.7 cm³/mol. The van der Waals surface area contributed by atoms with Crippen molar-refractivity contribution in [3.8, 4) is 0 Å². The summed E-state index contributed by atoms with van der Waals surface area (Å²) in [6.07, 6.45) is 2.35. The zero-order valence-corrected chi connectivity index (χ0v) is 14.4. The summed E-state index contributed by atoms with van der Waals surface area (Å²) in [6.45, 7) is 3.24. The molecule has 1 aliphatic rings. The zero-order chi connectivity index (χ0) is 17.8. The lowest BCUT2D eigenvalue weighted by molar-refractivity contribution is -0.144. The first-order chi connectivity index (χ1) is 12.1. The number of fused-ring (bicyclic) bond motifs is 1. The van der Waals surface area contributed by atoms with Gasteiger partial charge in [0, 0.05) is 18.2 Å². The van der Waals surface area contributed by atoms with Crippen molar-refractivity contribution in [1.29, 1.82) is 0 Å². The number of amides is 1. The number of aliphatic carboxylic acids is 1. The molecule has 0 aliphatic carbocycles. The van der Waals surface area contributed by atoms with Gasteiger partial charge in [-0.1, -0.05) is 37.3 Å². The third-order valence-electron chi connectivity index (χ3n) is 4.91. The molecule has 0 unspecified atom stereocenters. The Kier molecular flexibility index (Phi) is 5.34. The highest BCUT2D eigenvalue weighted by atomic mass is 16.4. The van der Waals surface area contributed by atoms with Crippen LogP contribution in [0.2, 0.25) is 0 Å². The van der Waals surface area contributed by atoms with Crippen molar-refractivity contribution in [3.63, 3.8) is 0 Å². The second kappa shape index (κ2) is 7.66. The number of carbonyl (C=O) groups is 2. The van der Waals surface area contributed by atoms with Crippen LogP contribution in [0.3, 0.4) is 0 Å². The molecule has 1 fully saturated rings. The van der Waals surface area contributed by atoms with Crippen LogP contribution in [0.4, 0.5) is 0 Å². The van der Waals surface area contributed by atoms with Crippen molar-refractivity contribution < 1.29 is 14.7 Å². The van der Waals surface area contributed by atoms with Gasteiger partial charge in [-0.3, -0.25) is 14.5 Å². The molecule has 1 amide bonds. The minimum absolute atomic E-state index is 0.0129. The van der Waals surface area contributed by atoms with E-state index in [9.17, 15) is 14.7 Å². The van der Waals surface area contributed by atoms with Gasteiger partial charge in [-0.05, 0) is 48.7 Å². The van der Waals surface area contributed by atoms with E-state index < -0.39 is 12.0 Å². The van der Waals surface area contributed by atoms with Crippen LogP contribution in [0.15, 0.2) is 42.5 Å². The maximum absolute atomic E-state index is 12.6. The van der Waals surface area contributed by atoms with E-state index in [1.165, 1.54) is 0 Å². The van der Waals surface area contributed by atoms with E-state index in [1.807, 2.05) is 54.3 Å². The molecule has 2 N–H and O–H groups in total. The van der Waals surface area contributed by atoms with Gasteiger partial charge in [-0.25, -0.2) is 0 Å². The molecule has 5 heteroatoms. The lowest BCUT2D eigenvalue weighted by Gasteiger charge is -2.36. The summed E-state index contributed by atoms with van der Waals surface area (Å²) >= 11 is 0. The average Bonchev–Trinajstić information content (AvgIpc) is 2.62. The Bertz CT molecular complexity index is 774. The van der Waals surface area contributed by atoms with Crippen LogP contribution in [0.5, 0.6) is 0 Å². The Hall–Kier alpha value is -2.40. The number of carboxylic acids is 1. The second-order valence-corrected chi connectivity index (χ2v) is 6.63. The number of carboxylic acid groups (broad SMARTS) is 1. The third-order valence-corrected chi connectivity index (χ3v) is 4.91. The highest BCUT2D eigenvalue weighted by molar-refractivity contribution is 5.98. The molecular formula is C20H24N2O3. The van der Waals surface area contributed by atoms with E-state index >= 15 is 0 Å². The van der Waals surface area contributed by atoms with Gasteiger partial charge in [0.1, 0.15) is 6.04 Å². The highest BCUT2D eigenvalue weighted by Crippen LogP contribution is 2.18. The summed E-state index contributed by atoms with van der Waals surface area (Å²) in [6, 6.07) is 13.2. The molecule has 2 atom stereocenters. The van der Waals surface area contributed by atoms with Crippen LogP contribution < -0.4 is 5.32 Å². The normalized spacial score (nSPS) is 19.5. The molecule has 1 heterocycles. The lowest BCUT2D eigenvalue weighted by atomic mass is 10.0. The predicted octanol–water partition coefficient (Wildman–Crippen LogP) is 2.90. The van der Waals surface area contributed by atoms with Crippen LogP contribution in [0.1, 0.15) is 36.5 Å². The topological polar surface area (TPSA) is 69.6 Å². The molecule has 1 saturated heterocycles. The van der Waals surface area contributed by atoms with Gasteiger partial charge in [0.05, 0.1) is 0 Å². The van der Waals surface area contributed by atoms with Crippen molar-refractivity contribution in [2.24, 2.45) is 0 Å². The molecular weight excluding hydrogens is 316 g/mol. The summed E-state index contributed by atoms with van der Waals surface area (Å²) in [5, 5.41) is 14.6. The lowest BCUT2D eigenvalue weighted by Crippen LogP contribution is -2.52. The van der Waals surface area contributed by atoms with E-state index in [0.29, 0.717) is 18.5 Å². The molecule has 0 spiro atoms. The monoisotopic (exact) mass is 340 g/mol. The summed E-state index contributed by atoms with van der Waals surface area (Å²) in [4.78, 5) is 25.9. The summed E-state index contributed by atoms with van der Waals surface area (Å²) < 4.78 is 0. The molecule has 25 heavy (non-hydrogen) atoms. The molecule has 2 aromatic rings. The number of rotatable bonds is 5. The number of piperidine rings is 1. The van der Waals surface area contributed by atoms with Crippen molar-refractivity contribution in [2.45, 2.75) is 38.3 Å². The largest absolute Gasteiger partial charge is 0.480 e. The first-order valence-electron chi connectivity index (χ1n) is 8.85. The fourth-order valence-corrected chi connectivity index (χ4v) is 3.60. The van der Waals surface area contributed by atoms with Crippen LogP contribution in [-0.4, -0.2) is 47.1 Å². The third kappa shape index (κ3) is 3.99. The number of likely N-dealkylation sites (tertiary alicyclic amines) is 1. The van der Waals surface area contributed by atoms with Crippen LogP contribution in [-0.2, 0) is 4.79 Å². The Balaban J connectivity index is 1.68. The van der Waals surface area contributed by atoms with E-state index in [0.717, 1.165) is 30.2 Å². The van der Waals surface area contributed by atoms with Gasteiger partial charge >= 0.3 is 5.97 Å². The highest BCUT2D eigenvalue weighted by Gasteiger charge is 2.29. The number of nitrogens with zero attached hydrogens (tertiary/aromatic N) is 1. The molecule has 132 valence electrons. The molecule has 3 rings (SSSR count). The van der Waals surface area contributed by atoms with E-state index in [2.05, 4.69) is 5.32 Å². The molecule has 1 aliphatic heterocycles. The van der Waals surface area contributed by atoms with Crippen molar-refractivity contribution in [2.75, 3.05) is 13.1 Å². The molecule has 0 saturated carbocycles. The van der Waals surface area contributed by atoms with Gasteiger partial charge < -0.3 is 10.4 Å². The van der Waals surface area contributed by atoms with Crippen molar-refractivity contribution in [3.05, 3.63) is 48.0 Å². The summed E-state index contributed by atoms with van der Waals surface area (Å²) in [5.41, 5.74) is 0.640. The van der Waals surface area contributed by atoms with Gasteiger partial charge in [0.15, 0.2) is 0 Å². The fraction of sp³-hybridized carbons (Fsp3) is 0.400. The Morgan fingerprint density at radius 1 is 1.24 bits per heavy atom. The van der Waals surface area contributed by atoms with Crippen LogP contribution in [0, 0.1) is 0 Å². The quantitative estimate of drug-likeness (QED) is 0.878. The number of hydrogen-bond acceptors (Lipinski definition) is 3. The zero-order valence-electron chi connectivity index (χ0n) is 14.4. The Labute approximate surface area is 147 Å². The molecule has 0 radical (unpaired) electrons. The van der Waals surface area contributed by atoms with Gasteiger partial charge in [-0.15, -0.1) is 0 Å². The van der Waals surface area contributed by atoms with E-state index in [1.54, 1.807) is 0 Å². The number of benzene rings is 2. The fourth-order valence-electron chi connectivity index (χ4n) is 3.60. The minimum Gasteiger partial charge on any atom is -0.480 e. The first kappa shape index (κ1) is 17.4. The summed E-state index contributed by atoms with van der Waals surface area (Å²) in [5.74, 6) is -0.884. The Morgan fingerprint density at radius 2 is 2.00 bits per heavy atom. The van der Waals surface area contributed by atoms with Crippen molar-refractivity contribution in [1.82, 2.24) is 10.2 Å². The maximum atomic E-state index is 12.6. The smallest absolute Gasteiger partial charge is 0.320 e. The molecule has 0 bridgehead atoms. The van der Waals surface area contributed by atoms with Crippen molar-refractivity contribution >= 4 is 22.6 Å². The number of carbonyl (C=O) groups excluding carboxylic acids is 1. The average molecular weight is 340 g/mol.